The Morgan fingerprint density at radius 3 is 1.26 bits per heavy atom. The summed E-state index contributed by atoms with van der Waals surface area (Å²) >= 11 is 0.601. The monoisotopic (exact) mass is 473 g/mol. The molecule has 2 aromatic carbocycles. The molecule has 31 heavy (non-hydrogen) atoms. The molecule has 175 valence electrons. The van der Waals surface area contributed by atoms with E-state index in [2.05, 4.69) is 48.5 Å². The van der Waals surface area contributed by atoms with Crippen molar-refractivity contribution in [1.29, 1.82) is 0 Å². The molecule has 4 rings (SSSR count). The molecule has 2 fully saturated rings. The first-order valence-electron chi connectivity index (χ1n) is 11.5. The summed E-state index contributed by atoms with van der Waals surface area (Å²) in [6, 6.07) is 17.1. The van der Waals surface area contributed by atoms with Gasteiger partial charge in [0, 0.05) is 0 Å². The summed E-state index contributed by atoms with van der Waals surface area (Å²) in [5.41, 5.74) is 2.73. The Balaban J connectivity index is 0.00000171. The Bertz CT molecular complexity index is 687. The number of hydrogen-bond acceptors (Lipinski definition) is 2. The van der Waals surface area contributed by atoms with Crippen LogP contribution in [0.4, 0.5) is 0 Å². The van der Waals surface area contributed by atoms with Crippen LogP contribution in [-0.4, -0.2) is 11.0 Å². The van der Waals surface area contributed by atoms with E-state index in [0.717, 1.165) is 11.5 Å². The molecule has 0 spiro atoms. The van der Waals surface area contributed by atoms with Crippen molar-refractivity contribution < 1.29 is 34.0 Å². The van der Waals surface area contributed by atoms with Gasteiger partial charge in [-0.2, -0.15) is 0 Å². The Labute approximate surface area is 194 Å². The fraction of sp³-hybridized carbons (Fsp3) is 0.538. The molecule has 0 heterocycles. The van der Waals surface area contributed by atoms with Gasteiger partial charge in [-0.15, -0.1) is 0 Å². The molecule has 0 atom stereocenters. The molecule has 0 unspecified atom stereocenters. The van der Waals surface area contributed by atoms with Crippen molar-refractivity contribution >= 4 is 0 Å². The van der Waals surface area contributed by atoms with E-state index in [1.807, 2.05) is 0 Å². The molecule has 2 aliphatic rings. The Kier molecular flexibility index (Phi) is 11.4. The van der Waals surface area contributed by atoms with Crippen molar-refractivity contribution in [3.05, 3.63) is 59.7 Å². The van der Waals surface area contributed by atoms with Gasteiger partial charge in [0.2, 0.25) is 0 Å². The summed E-state index contributed by atoms with van der Waals surface area (Å²) in [6.07, 6.45) is 16.0. The van der Waals surface area contributed by atoms with Gasteiger partial charge in [0.15, 0.2) is 0 Å². The summed E-state index contributed by atoms with van der Waals surface area (Å²) in [5, 5.41) is 0. The SMILES string of the molecule is O.O.c1ccc(C2CCCCCC2)c([O][Co][O]c2ccccc2C2CCCCCC2)c1. The second-order valence-electron chi connectivity index (χ2n) is 8.64. The third-order valence-electron chi connectivity index (χ3n) is 6.63. The molecule has 4 N–H and O–H groups in total. The van der Waals surface area contributed by atoms with Crippen molar-refractivity contribution in [3.8, 4) is 11.5 Å². The van der Waals surface area contributed by atoms with Crippen LogP contribution in [0.25, 0.3) is 0 Å². The summed E-state index contributed by atoms with van der Waals surface area (Å²) in [6.45, 7) is 0. The molecule has 4 nitrogen and oxygen atoms in total. The number of benzene rings is 2. The third-order valence-corrected chi connectivity index (χ3v) is 7.26. The molecular weight excluding hydrogens is 435 g/mol. The quantitative estimate of drug-likeness (QED) is 0.463. The summed E-state index contributed by atoms with van der Waals surface area (Å²) < 4.78 is 12.3. The fourth-order valence-electron chi connectivity index (χ4n) is 5.01. The molecule has 0 aliphatic heterocycles. The predicted octanol–water partition coefficient (Wildman–Crippen LogP) is 6.28. The minimum absolute atomic E-state index is 0. The maximum atomic E-state index is 6.15. The maximum absolute atomic E-state index is 6.15. The second kappa shape index (κ2) is 13.8. The van der Waals surface area contributed by atoms with E-state index < -0.39 is 0 Å². The number of para-hydroxylation sites is 2. The Morgan fingerprint density at radius 1 is 0.516 bits per heavy atom. The molecule has 0 aromatic heterocycles. The Hall–Kier alpha value is -1.53. The van der Waals surface area contributed by atoms with Gasteiger partial charge in [-0.25, -0.2) is 0 Å². The van der Waals surface area contributed by atoms with Crippen LogP contribution in [0.15, 0.2) is 48.5 Å². The molecule has 5 heteroatoms. The van der Waals surface area contributed by atoms with Crippen LogP contribution in [-0.2, 0) is 15.3 Å². The van der Waals surface area contributed by atoms with Crippen LogP contribution in [0.2, 0.25) is 0 Å². The van der Waals surface area contributed by atoms with Crippen LogP contribution in [0.5, 0.6) is 11.5 Å². The van der Waals surface area contributed by atoms with Crippen molar-refractivity contribution in [2.75, 3.05) is 0 Å². The van der Waals surface area contributed by atoms with Gasteiger partial charge in [0.1, 0.15) is 0 Å². The molecule has 0 bridgehead atoms. The van der Waals surface area contributed by atoms with E-state index in [-0.39, 0.29) is 11.0 Å². The summed E-state index contributed by atoms with van der Waals surface area (Å²) in [5.74, 6) is 3.24. The zero-order valence-corrected chi connectivity index (χ0v) is 19.4. The zero-order valence-electron chi connectivity index (χ0n) is 18.4. The Morgan fingerprint density at radius 2 is 0.871 bits per heavy atom. The van der Waals surface area contributed by atoms with E-state index in [1.54, 1.807) is 0 Å². The minimum atomic E-state index is 0. The van der Waals surface area contributed by atoms with Crippen LogP contribution in [0.1, 0.15) is 100 Å². The van der Waals surface area contributed by atoms with E-state index in [4.69, 9.17) is 7.70 Å². The van der Waals surface area contributed by atoms with Crippen molar-refractivity contribution in [2.24, 2.45) is 0 Å². The van der Waals surface area contributed by atoms with Crippen molar-refractivity contribution in [2.45, 2.75) is 88.9 Å². The van der Waals surface area contributed by atoms with Gasteiger partial charge in [0.25, 0.3) is 0 Å². The first-order valence-corrected chi connectivity index (χ1v) is 12.4. The van der Waals surface area contributed by atoms with Gasteiger partial charge in [-0.3, -0.25) is 0 Å². The first-order chi connectivity index (χ1) is 14.4. The van der Waals surface area contributed by atoms with Gasteiger partial charge in [0.05, 0.1) is 0 Å². The molecule has 0 amide bonds. The average Bonchev–Trinajstić information content (AvgIpc) is 3.20. The van der Waals surface area contributed by atoms with Crippen molar-refractivity contribution in [1.82, 2.24) is 0 Å². The number of rotatable bonds is 6. The average molecular weight is 474 g/mol. The topological polar surface area (TPSA) is 81.5 Å². The zero-order chi connectivity index (χ0) is 19.7. The summed E-state index contributed by atoms with van der Waals surface area (Å²) in [7, 11) is 0. The molecule has 0 radical (unpaired) electrons. The third kappa shape index (κ3) is 7.24. The van der Waals surface area contributed by atoms with Gasteiger partial charge in [-0.1, -0.05) is 0 Å². The molecule has 0 saturated heterocycles. The second-order valence-corrected chi connectivity index (χ2v) is 9.24. The molecule has 2 saturated carbocycles. The van der Waals surface area contributed by atoms with Gasteiger partial charge in [-0.05, 0) is 0 Å². The molecule has 2 aromatic rings. The van der Waals surface area contributed by atoms with Crippen LogP contribution < -0.4 is 7.70 Å². The number of hydrogen-bond donors (Lipinski definition) is 0. The van der Waals surface area contributed by atoms with E-state index >= 15 is 0 Å². The van der Waals surface area contributed by atoms with Crippen LogP contribution >= 0.6 is 0 Å². The molecule has 2 aliphatic carbocycles. The summed E-state index contributed by atoms with van der Waals surface area (Å²) in [4.78, 5) is 0. The predicted molar refractivity (Wildman–Crippen MR) is 122 cm³/mol. The van der Waals surface area contributed by atoms with Crippen LogP contribution in [0.3, 0.4) is 0 Å². The van der Waals surface area contributed by atoms with E-state index in [0.29, 0.717) is 27.2 Å². The molecular formula is C26H38CoO4. The fourth-order valence-corrected chi connectivity index (χ4v) is 5.63. The first kappa shape index (κ1) is 25.7. The van der Waals surface area contributed by atoms with Gasteiger partial charge < -0.3 is 11.0 Å². The van der Waals surface area contributed by atoms with Crippen molar-refractivity contribution in [3.63, 3.8) is 0 Å². The van der Waals surface area contributed by atoms with E-state index in [1.165, 1.54) is 88.2 Å². The standard InChI is InChI=1S/2C13H18O.Co.2H2O/c2*14-13-10-6-5-9-12(13)11-7-3-1-2-4-8-11;;;/h2*5-6,9-11,14H,1-4,7-8H2;;2*1H2/q;;+2;;/p-2. The van der Waals surface area contributed by atoms with Crippen LogP contribution in [0, 0.1) is 0 Å². The normalized spacial score (nSPS) is 18.2. The van der Waals surface area contributed by atoms with Gasteiger partial charge >= 0.3 is 183 Å². The van der Waals surface area contributed by atoms with E-state index in [9.17, 15) is 0 Å².